The Morgan fingerprint density at radius 1 is 1.11 bits per heavy atom. The molecule has 2 aliphatic rings. The number of nitriles is 1. The second kappa shape index (κ2) is 9.54. The third-order valence-corrected chi connectivity index (χ3v) is 7.46. The maximum atomic E-state index is 12.8. The monoisotopic (exact) mass is 496 g/mol. The number of alkyl carbamates (subject to hydrolysis) is 1. The SMILES string of the molecule is CC1(C)OB(C(=Cc2cn[nH]c2C#N)CNC(=O)OCC2c3ccccc3-c3ccccc32)OC1(C)C. The number of fused-ring (bicyclic) bond motifs is 3. The number of carbonyl (C=O) groups excluding carboxylic acids is 1. The number of nitrogens with one attached hydrogen (secondary N) is 2. The second-order valence-corrected chi connectivity index (χ2v) is 10.3. The van der Waals surface area contributed by atoms with Gasteiger partial charge in [-0.1, -0.05) is 54.6 Å². The van der Waals surface area contributed by atoms with Crippen molar-refractivity contribution in [2.24, 2.45) is 0 Å². The van der Waals surface area contributed by atoms with Crippen molar-refractivity contribution >= 4 is 19.3 Å². The van der Waals surface area contributed by atoms with Gasteiger partial charge in [-0.2, -0.15) is 10.4 Å². The Labute approximate surface area is 216 Å². The van der Waals surface area contributed by atoms with Gasteiger partial charge in [-0.15, -0.1) is 0 Å². The van der Waals surface area contributed by atoms with Crippen LogP contribution in [0, 0.1) is 11.3 Å². The van der Waals surface area contributed by atoms with Crippen LogP contribution in [0.1, 0.15) is 56.0 Å². The van der Waals surface area contributed by atoms with Gasteiger partial charge in [-0.05, 0) is 55.4 Å². The summed E-state index contributed by atoms with van der Waals surface area (Å²) in [5.74, 6) is -0.0274. The summed E-state index contributed by atoms with van der Waals surface area (Å²) < 4.78 is 18.1. The molecule has 8 nitrogen and oxygen atoms in total. The lowest BCUT2D eigenvalue weighted by Crippen LogP contribution is -2.41. The summed E-state index contributed by atoms with van der Waals surface area (Å²) in [5, 5.41) is 18.8. The van der Waals surface area contributed by atoms with Gasteiger partial charge in [0.05, 0.1) is 17.4 Å². The van der Waals surface area contributed by atoms with Crippen LogP contribution >= 0.6 is 0 Å². The lowest BCUT2D eigenvalue weighted by molar-refractivity contribution is 0.00578. The number of aromatic amines is 1. The van der Waals surface area contributed by atoms with E-state index in [9.17, 15) is 10.1 Å². The van der Waals surface area contributed by atoms with Crippen molar-refractivity contribution < 1.29 is 18.8 Å². The molecular formula is C28H29BN4O4. The fraction of sp³-hybridized carbons (Fsp3) is 0.321. The molecule has 0 unspecified atom stereocenters. The second-order valence-electron chi connectivity index (χ2n) is 10.3. The predicted molar refractivity (Wildman–Crippen MR) is 140 cm³/mol. The van der Waals surface area contributed by atoms with Gasteiger partial charge in [0, 0.05) is 18.0 Å². The van der Waals surface area contributed by atoms with Gasteiger partial charge in [0.1, 0.15) is 18.4 Å². The number of nitrogens with zero attached hydrogens (tertiary/aromatic N) is 2. The fourth-order valence-corrected chi connectivity index (χ4v) is 4.71. The Kier molecular flexibility index (Phi) is 6.40. The average molecular weight is 496 g/mol. The van der Waals surface area contributed by atoms with Crippen LogP contribution in [0.15, 0.2) is 60.2 Å². The molecule has 2 aromatic carbocycles. The first-order chi connectivity index (χ1) is 17.7. The molecule has 1 aromatic heterocycles. The first-order valence-corrected chi connectivity index (χ1v) is 12.3. The van der Waals surface area contributed by atoms with Crippen LogP contribution in [-0.2, 0) is 14.0 Å². The van der Waals surface area contributed by atoms with Gasteiger partial charge in [0.25, 0.3) is 0 Å². The highest BCUT2D eigenvalue weighted by atomic mass is 16.7. The molecule has 3 aromatic rings. The van der Waals surface area contributed by atoms with E-state index in [-0.39, 0.29) is 19.1 Å². The molecule has 1 fully saturated rings. The summed E-state index contributed by atoms with van der Waals surface area (Å²) in [7, 11) is -0.708. The van der Waals surface area contributed by atoms with Crippen molar-refractivity contribution in [3.63, 3.8) is 0 Å². The van der Waals surface area contributed by atoms with Crippen LogP contribution in [0.3, 0.4) is 0 Å². The zero-order valence-corrected chi connectivity index (χ0v) is 21.4. The molecule has 37 heavy (non-hydrogen) atoms. The molecule has 0 bridgehead atoms. The molecule has 9 heteroatoms. The van der Waals surface area contributed by atoms with Gasteiger partial charge < -0.3 is 19.4 Å². The third kappa shape index (κ3) is 4.66. The molecule has 1 aliphatic heterocycles. The molecule has 0 radical (unpaired) electrons. The number of amides is 1. The first kappa shape index (κ1) is 24.8. The van der Waals surface area contributed by atoms with E-state index in [1.165, 1.54) is 11.1 Å². The molecular weight excluding hydrogens is 467 g/mol. The van der Waals surface area contributed by atoms with Crippen LogP contribution in [0.2, 0.25) is 0 Å². The number of hydrogen-bond acceptors (Lipinski definition) is 6. The lowest BCUT2D eigenvalue weighted by atomic mass is 9.77. The van der Waals surface area contributed by atoms with E-state index in [0.717, 1.165) is 11.1 Å². The molecule has 1 saturated heterocycles. The molecule has 5 rings (SSSR count). The Morgan fingerprint density at radius 2 is 1.70 bits per heavy atom. The largest absolute Gasteiger partial charge is 0.492 e. The van der Waals surface area contributed by atoms with Gasteiger partial charge in [0.15, 0.2) is 0 Å². The minimum Gasteiger partial charge on any atom is -0.449 e. The van der Waals surface area contributed by atoms with Crippen LogP contribution in [0.4, 0.5) is 4.79 Å². The van der Waals surface area contributed by atoms with E-state index in [2.05, 4.69) is 45.8 Å². The summed E-state index contributed by atoms with van der Waals surface area (Å²) in [6, 6.07) is 18.5. The van der Waals surface area contributed by atoms with Crippen LogP contribution in [0.25, 0.3) is 17.2 Å². The Hall–Kier alpha value is -3.87. The van der Waals surface area contributed by atoms with E-state index in [1.54, 1.807) is 12.3 Å². The van der Waals surface area contributed by atoms with E-state index in [0.29, 0.717) is 16.7 Å². The number of hydrogen-bond donors (Lipinski definition) is 2. The van der Waals surface area contributed by atoms with Gasteiger partial charge in [0.2, 0.25) is 0 Å². The molecule has 2 N–H and O–H groups in total. The number of rotatable bonds is 6. The standard InChI is InChI=1S/C28H29BN4O4/c1-27(2)28(3,4)37-29(36-27)19(13-18-15-32-33-25(18)14-30)16-31-26(34)35-17-24-22-11-7-5-9-20(22)21-10-6-8-12-23(21)24/h5-13,15,24H,16-17H2,1-4H3,(H,31,34)(H,32,33). The van der Waals surface area contributed by atoms with Crippen molar-refractivity contribution in [1.82, 2.24) is 15.5 Å². The maximum Gasteiger partial charge on any atom is 0.492 e. The quantitative estimate of drug-likeness (QED) is 0.473. The molecule has 0 atom stereocenters. The Bertz CT molecular complexity index is 1340. The highest BCUT2D eigenvalue weighted by Gasteiger charge is 2.52. The van der Waals surface area contributed by atoms with E-state index < -0.39 is 24.4 Å². The first-order valence-electron chi connectivity index (χ1n) is 12.3. The summed E-state index contributed by atoms with van der Waals surface area (Å²) >= 11 is 0. The summed E-state index contributed by atoms with van der Waals surface area (Å²) in [6.45, 7) is 8.17. The minimum atomic E-state index is -0.708. The zero-order valence-electron chi connectivity index (χ0n) is 21.4. The number of aromatic nitrogens is 2. The minimum absolute atomic E-state index is 0.0274. The normalized spacial score (nSPS) is 17.7. The van der Waals surface area contributed by atoms with Crippen molar-refractivity contribution in [2.45, 2.75) is 44.8 Å². The Morgan fingerprint density at radius 3 is 2.30 bits per heavy atom. The molecule has 0 saturated carbocycles. The number of ether oxygens (including phenoxy) is 1. The third-order valence-electron chi connectivity index (χ3n) is 7.46. The lowest BCUT2D eigenvalue weighted by Gasteiger charge is -2.32. The number of H-pyrrole nitrogens is 1. The molecule has 1 aliphatic carbocycles. The highest BCUT2D eigenvalue weighted by Crippen LogP contribution is 2.44. The summed E-state index contributed by atoms with van der Waals surface area (Å²) in [6.07, 6.45) is 2.77. The van der Waals surface area contributed by atoms with Crippen molar-refractivity contribution in [1.29, 1.82) is 5.26 Å². The van der Waals surface area contributed by atoms with E-state index >= 15 is 0 Å². The van der Waals surface area contributed by atoms with E-state index in [4.69, 9.17) is 14.0 Å². The predicted octanol–water partition coefficient (Wildman–Crippen LogP) is 4.83. The van der Waals surface area contributed by atoms with Crippen LogP contribution < -0.4 is 5.32 Å². The van der Waals surface area contributed by atoms with Crippen molar-refractivity contribution in [3.8, 4) is 17.2 Å². The van der Waals surface area contributed by atoms with Gasteiger partial charge >= 0.3 is 13.2 Å². The smallest absolute Gasteiger partial charge is 0.449 e. The van der Waals surface area contributed by atoms with Gasteiger partial charge in [-0.25, -0.2) is 4.79 Å². The van der Waals surface area contributed by atoms with Gasteiger partial charge in [-0.3, -0.25) is 5.10 Å². The topological polar surface area (TPSA) is 109 Å². The maximum absolute atomic E-state index is 12.8. The average Bonchev–Trinajstić information content (AvgIpc) is 3.52. The number of carbonyl (C=O) groups is 1. The summed E-state index contributed by atoms with van der Waals surface area (Å²) in [4.78, 5) is 12.8. The van der Waals surface area contributed by atoms with Crippen LogP contribution in [-0.4, -0.2) is 47.8 Å². The summed E-state index contributed by atoms with van der Waals surface area (Å²) in [5.41, 5.74) is 5.07. The molecule has 188 valence electrons. The van der Waals surface area contributed by atoms with Crippen molar-refractivity contribution in [2.75, 3.05) is 13.2 Å². The van der Waals surface area contributed by atoms with Crippen LogP contribution in [0.5, 0.6) is 0 Å². The van der Waals surface area contributed by atoms with E-state index in [1.807, 2.05) is 52.0 Å². The highest BCUT2D eigenvalue weighted by molar-refractivity contribution is 6.56. The fourth-order valence-electron chi connectivity index (χ4n) is 4.71. The zero-order chi connectivity index (χ0) is 26.2. The Balaban J connectivity index is 1.30. The number of benzene rings is 2. The van der Waals surface area contributed by atoms with Crippen molar-refractivity contribution in [3.05, 3.63) is 82.6 Å². The molecule has 0 spiro atoms. The molecule has 2 heterocycles. The molecule has 1 amide bonds.